The number of aryl methyl sites for hydroxylation is 1. The van der Waals surface area contributed by atoms with Crippen molar-refractivity contribution in [3.8, 4) is 5.69 Å². The number of nitrogens with one attached hydrogen (secondary N) is 1. The SMILES string of the molecule is O=C(NC1CCc2ccccc2-n2cnnc21)c1ncn(Cc2ccccc2)n1. The highest BCUT2D eigenvalue weighted by Gasteiger charge is 2.26. The Balaban J connectivity index is 1.34. The predicted octanol–water partition coefficient (Wildman–Crippen LogP) is 2.32. The first-order valence-corrected chi connectivity index (χ1v) is 9.50. The zero-order valence-electron chi connectivity index (χ0n) is 15.6. The first-order chi connectivity index (χ1) is 14.3. The Labute approximate surface area is 167 Å². The standard InChI is InChI=1S/C21H19N7O/c29-21(19-22-13-27(26-19)12-15-6-2-1-3-7-15)24-17-11-10-16-8-4-5-9-18(16)28-14-23-25-20(17)28/h1-9,13-14,17H,10-12H2,(H,24,29). The number of benzene rings is 2. The molecule has 1 aliphatic heterocycles. The van der Waals surface area contributed by atoms with Crippen molar-refractivity contribution in [1.82, 2.24) is 34.8 Å². The summed E-state index contributed by atoms with van der Waals surface area (Å²) in [4.78, 5) is 17.0. The molecule has 2 aromatic carbocycles. The minimum Gasteiger partial charge on any atom is -0.339 e. The molecule has 0 aliphatic carbocycles. The molecule has 0 saturated heterocycles. The number of nitrogens with zero attached hydrogens (tertiary/aromatic N) is 6. The van der Waals surface area contributed by atoms with Gasteiger partial charge in [0.1, 0.15) is 12.7 Å². The van der Waals surface area contributed by atoms with Gasteiger partial charge in [0.2, 0.25) is 5.82 Å². The summed E-state index contributed by atoms with van der Waals surface area (Å²) in [7, 11) is 0. The average Bonchev–Trinajstić information content (AvgIpc) is 3.39. The average molecular weight is 385 g/mol. The van der Waals surface area contributed by atoms with Gasteiger partial charge in [0.05, 0.1) is 18.3 Å². The van der Waals surface area contributed by atoms with Gasteiger partial charge in [0.25, 0.3) is 5.91 Å². The molecule has 1 unspecified atom stereocenters. The van der Waals surface area contributed by atoms with Crippen LogP contribution in [0.15, 0.2) is 67.3 Å². The molecule has 0 spiro atoms. The van der Waals surface area contributed by atoms with E-state index in [0.717, 1.165) is 24.1 Å². The van der Waals surface area contributed by atoms with Gasteiger partial charge < -0.3 is 5.32 Å². The van der Waals surface area contributed by atoms with Gasteiger partial charge in [0.15, 0.2) is 5.82 Å². The van der Waals surface area contributed by atoms with Crippen LogP contribution in [0, 0.1) is 0 Å². The molecule has 4 aromatic rings. The number of carbonyl (C=O) groups excluding carboxylic acids is 1. The summed E-state index contributed by atoms with van der Waals surface area (Å²) in [6.07, 6.45) is 4.82. The monoisotopic (exact) mass is 385 g/mol. The van der Waals surface area contributed by atoms with Crippen molar-refractivity contribution in [3.05, 3.63) is 90.0 Å². The molecule has 1 N–H and O–H groups in total. The number of carbonyl (C=O) groups is 1. The molecule has 29 heavy (non-hydrogen) atoms. The quantitative estimate of drug-likeness (QED) is 0.582. The van der Waals surface area contributed by atoms with Crippen molar-refractivity contribution in [2.75, 3.05) is 0 Å². The number of hydrogen-bond donors (Lipinski definition) is 1. The van der Waals surface area contributed by atoms with Gasteiger partial charge in [-0.1, -0.05) is 48.5 Å². The zero-order chi connectivity index (χ0) is 19.6. The van der Waals surface area contributed by atoms with E-state index in [0.29, 0.717) is 12.4 Å². The summed E-state index contributed by atoms with van der Waals surface area (Å²) >= 11 is 0. The van der Waals surface area contributed by atoms with Gasteiger partial charge in [0, 0.05) is 0 Å². The number of fused-ring (bicyclic) bond motifs is 3. The fourth-order valence-corrected chi connectivity index (χ4v) is 3.66. The van der Waals surface area contributed by atoms with E-state index in [1.165, 1.54) is 5.56 Å². The maximum atomic E-state index is 12.8. The molecule has 8 nitrogen and oxygen atoms in total. The Morgan fingerprint density at radius 2 is 1.90 bits per heavy atom. The van der Waals surface area contributed by atoms with E-state index >= 15 is 0 Å². The summed E-state index contributed by atoms with van der Waals surface area (Å²) in [5.74, 6) is 0.545. The van der Waals surface area contributed by atoms with Crippen molar-refractivity contribution in [3.63, 3.8) is 0 Å². The van der Waals surface area contributed by atoms with Crippen LogP contribution in [0.25, 0.3) is 5.69 Å². The van der Waals surface area contributed by atoms with Crippen LogP contribution in [0.1, 0.15) is 40.0 Å². The lowest BCUT2D eigenvalue weighted by Crippen LogP contribution is -2.31. The fraction of sp³-hybridized carbons (Fsp3) is 0.190. The first-order valence-electron chi connectivity index (χ1n) is 9.50. The Bertz CT molecular complexity index is 1150. The maximum Gasteiger partial charge on any atom is 0.291 e. The highest BCUT2D eigenvalue weighted by molar-refractivity contribution is 5.90. The highest BCUT2D eigenvalue weighted by Crippen LogP contribution is 2.28. The van der Waals surface area contributed by atoms with Crippen LogP contribution in [-0.2, 0) is 13.0 Å². The third-order valence-electron chi connectivity index (χ3n) is 5.07. The van der Waals surface area contributed by atoms with Crippen LogP contribution < -0.4 is 5.32 Å². The van der Waals surface area contributed by atoms with E-state index in [-0.39, 0.29) is 17.8 Å². The molecule has 144 valence electrons. The number of rotatable bonds is 4. The van der Waals surface area contributed by atoms with E-state index in [2.05, 4.69) is 31.7 Å². The molecule has 0 radical (unpaired) electrons. The number of amides is 1. The summed E-state index contributed by atoms with van der Waals surface area (Å²) in [6, 6.07) is 17.8. The zero-order valence-corrected chi connectivity index (χ0v) is 15.6. The topological polar surface area (TPSA) is 90.5 Å². The van der Waals surface area contributed by atoms with E-state index in [1.807, 2.05) is 53.1 Å². The van der Waals surface area contributed by atoms with Crippen LogP contribution in [0.4, 0.5) is 0 Å². The molecule has 1 aliphatic rings. The lowest BCUT2D eigenvalue weighted by atomic mass is 10.1. The molecule has 0 fully saturated rings. The van der Waals surface area contributed by atoms with Gasteiger partial charge in [-0.25, -0.2) is 9.67 Å². The summed E-state index contributed by atoms with van der Waals surface area (Å²) in [5.41, 5.74) is 3.35. The first kappa shape index (κ1) is 17.3. The molecule has 0 bridgehead atoms. The Morgan fingerprint density at radius 3 is 2.79 bits per heavy atom. The second kappa shape index (κ2) is 7.31. The number of aromatic nitrogens is 6. The molecule has 1 atom stereocenters. The Hall–Kier alpha value is -3.81. The van der Waals surface area contributed by atoms with E-state index in [1.54, 1.807) is 17.3 Å². The lowest BCUT2D eigenvalue weighted by molar-refractivity contribution is 0.0922. The number of para-hydroxylation sites is 1. The van der Waals surface area contributed by atoms with E-state index in [9.17, 15) is 4.79 Å². The summed E-state index contributed by atoms with van der Waals surface area (Å²) < 4.78 is 3.60. The summed E-state index contributed by atoms with van der Waals surface area (Å²) in [5, 5.41) is 15.7. The van der Waals surface area contributed by atoms with Crippen molar-refractivity contribution < 1.29 is 4.79 Å². The minimum atomic E-state index is -0.317. The largest absolute Gasteiger partial charge is 0.339 e. The van der Waals surface area contributed by atoms with Crippen molar-refractivity contribution in [2.24, 2.45) is 0 Å². The second-order valence-electron chi connectivity index (χ2n) is 7.00. The van der Waals surface area contributed by atoms with Crippen molar-refractivity contribution in [2.45, 2.75) is 25.4 Å². The second-order valence-corrected chi connectivity index (χ2v) is 7.00. The molecule has 0 saturated carbocycles. The lowest BCUT2D eigenvalue weighted by Gasteiger charge is -2.14. The van der Waals surface area contributed by atoms with Crippen molar-refractivity contribution >= 4 is 5.91 Å². The Kier molecular flexibility index (Phi) is 4.36. The third-order valence-corrected chi connectivity index (χ3v) is 5.07. The van der Waals surface area contributed by atoms with Crippen LogP contribution in [0.5, 0.6) is 0 Å². The highest BCUT2D eigenvalue weighted by atomic mass is 16.2. The predicted molar refractivity (Wildman–Crippen MR) is 105 cm³/mol. The molecular weight excluding hydrogens is 366 g/mol. The van der Waals surface area contributed by atoms with Gasteiger partial charge in [-0.3, -0.25) is 9.36 Å². The van der Waals surface area contributed by atoms with Crippen molar-refractivity contribution in [1.29, 1.82) is 0 Å². The molecule has 5 rings (SSSR count). The fourth-order valence-electron chi connectivity index (χ4n) is 3.66. The van der Waals surface area contributed by atoms with Crippen LogP contribution >= 0.6 is 0 Å². The van der Waals surface area contributed by atoms with E-state index < -0.39 is 0 Å². The molecular formula is C21H19N7O. The van der Waals surface area contributed by atoms with Gasteiger partial charge in [-0.15, -0.1) is 15.3 Å². The Morgan fingerprint density at radius 1 is 1.07 bits per heavy atom. The normalized spacial score (nSPS) is 15.2. The van der Waals surface area contributed by atoms with Crippen LogP contribution in [0.2, 0.25) is 0 Å². The molecule has 1 amide bonds. The van der Waals surface area contributed by atoms with Crippen LogP contribution in [-0.4, -0.2) is 35.4 Å². The number of hydrogen-bond acceptors (Lipinski definition) is 5. The minimum absolute atomic E-state index is 0.147. The van der Waals surface area contributed by atoms with Gasteiger partial charge in [-0.2, -0.15) is 0 Å². The molecule has 3 heterocycles. The summed E-state index contributed by atoms with van der Waals surface area (Å²) in [6.45, 7) is 0.564. The van der Waals surface area contributed by atoms with Gasteiger partial charge >= 0.3 is 0 Å². The van der Waals surface area contributed by atoms with E-state index in [4.69, 9.17) is 0 Å². The van der Waals surface area contributed by atoms with Crippen LogP contribution in [0.3, 0.4) is 0 Å². The molecule has 2 aromatic heterocycles. The smallest absolute Gasteiger partial charge is 0.291 e. The molecule has 8 heteroatoms. The van der Waals surface area contributed by atoms with Gasteiger partial charge in [-0.05, 0) is 30.0 Å². The third kappa shape index (κ3) is 3.40. The maximum absolute atomic E-state index is 12.8.